The van der Waals surface area contributed by atoms with E-state index < -0.39 is 21.2 Å². The van der Waals surface area contributed by atoms with Gasteiger partial charge in [0, 0.05) is 35.1 Å². The smallest absolute Gasteiger partial charge is 0.382 e. The highest BCUT2D eigenvalue weighted by Gasteiger charge is 2.39. The number of benzene rings is 1. The fourth-order valence-electron chi connectivity index (χ4n) is 4.14. The Morgan fingerprint density at radius 1 is 1.29 bits per heavy atom. The monoisotopic (exact) mass is 493 g/mol. The third-order valence-corrected chi connectivity index (χ3v) is 8.42. The van der Waals surface area contributed by atoms with Crippen molar-refractivity contribution in [3.05, 3.63) is 41.7 Å². The summed E-state index contributed by atoms with van der Waals surface area (Å²) in [6.45, 7) is 2.15. The number of rotatable bonds is 7. The molecule has 0 bridgehead atoms. The van der Waals surface area contributed by atoms with E-state index in [0.29, 0.717) is 34.7 Å². The topological polar surface area (TPSA) is 57.3 Å². The zero-order valence-corrected chi connectivity index (χ0v) is 20.3. The van der Waals surface area contributed by atoms with Gasteiger partial charge in [-0.3, -0.25) is 9.78 Å². The molecule has 1 aliphatic carbocycles. The van der Waals surface area contributed by atoms with Gasteiger partial charge in [0.15, 0.2) is 0 Å². The summed E-state index contributed by atoms with van der Waals surface area (Å²) in [6, 6.07) is 6.82. The second-order valence-electron chi connectivity index (χ2n) is 9.19. The van der Waals surface area contributed by atoms with Gasteiger partial charge in [0.25, 0.3) is 0 Å². The molecule has 2 atom stereocenters. The second kappa shape index (κ2) is 10.0. The fourth-order valence-corrected chi connectivity index (χ4v) is 5.79. The van der Waals surface area contributed by atoms with Crippen LogP contribution in [0.5, 0.6) is 0 Å². The molecular weight excluding hydrogens is 464 g/mol. The van der Waals surface area contributed by atoms with Crippen LogP contribution < -0.4 is 10.6 Å². The number of carbonyl (C=O) groups is 1. The Morgan fingerprint density at radius 2 is 2.06 bits per heavy atom. The average molecular weight is 494 g/mol. The summed E-state index contributed by atoms with van der Waals surface area (Å²) in [5.41, 5.74) is 0.592. The van der Waals surface area contributed by atoms with Gasteiger partial charge in [-0.1, -0.05) is 18.2 Å². The Kier molecular flexibility index (Phi) is 7.27. The minimum absolute atomic E-state index is 0.00375. The summed E-state index contributed by atoms with van der Waals surface area (Å²) < 4.78 is 55.7. The Hall–Kier alpha value is -2.46. The van der Waals surface area contributed by atoms with Crippen molar-refractivity contribution in [1.82, 2.24) is 15.2 Å². The van der Waals surface area contributed by atoms with E-state index in [4.69, 9.17) is 0 Å². The van der Waals surface area contributed by atoms with Gasteiger partial charge < -0.3 is 19.6 Å². The van der Waals surface area contributed by atoms with Gasteiger partial charge in [-0.05, 0) is 58.0 Å². The largest absolute Gasteiger partial charge is 0.397 e. The number of nitrogens with zero attached hydrogens (tertiary/aromatic N) is 2. The van der Waals surface area contributed by atoms with E-state index in [2.05, 4.69) is 15.6 Å². The third kappa shape index (κ3) is 5.78. The van der Waals surface area contributed by atoms with E-state index in [1.54, 1.807) is 36.4 Å². The molecule has 2 heterocycles. The minimum atomic E-state index is -4.45. The third-order valence-electron chi connectivity index (χ3n) is 6.38. The minimum Gasteiger partial charge on any atom is -0.382 e. The normalized spacial score (nSPS) is 21.2. The maximum absolute atomic E-state index is 14.8. The van der Waals surface area contributed by atoms with Crippen molar-refractivity contribution >= 4 is 37.6 Å². The molecular formula is C24H29F4N4OSi. The van der Waals surface area contributed by atoms with Crippen LogP contribution >= 0.6 is 0 Å². The molecule has 34 heavy (non-hydrogen) atoms. The Balaban J connectivity index is 1.66. The van der Waals surface area contributed by atoms with E-state index in [9.17, 15) is 22.1 Å². The molecule has 1 saturated carbocycles. The highest BCUT2D eigenvalue weighted by Crippen LogP contribution is 2.39. The summed E-state index contributed by atoms with van der Waals surface area (Å²) in [7, 11) is -0.277. The first-order chi connectivity index (χ1) is 16.1. The molecule has 1 aromatic heterocycles. The van der Waals surface area contributed by atoms with Crippen molar-refractivity contribution in [3.8, 4) is 0 Å². The number of amides is 1. The molecule has 1 radical (unpaired) electrons. The number of hydrogen-bond donors (Lipinski definition) is 2. The molecule has 0 spiro atoms. The van der Waals surface area contributed by atoms with Gasteiger partial charge in [-0.2, -0.15) is 13.2 Å². The van der Waals surface area contributed by atoms with Gasteiger partial charge in [0.2, 0.25) is 5.91 Å². The van der Waals surface area contributed by atoms with Gasteiger partial charge in [0.1, 0.15) is 0 Å². The second-order valence-corrected chi connectivity index (χ2v) is 11.1. The Labute approximate surface area is 198 Å². The molecule has 2 aliphatic rings. The lowest BCUT2D eigenvalue weighted by atomic mass is 9.98. The Bertz CT molecular complexity index is 1070. The van der Waals surface area contributed by atoms with Crippen molar-refractivity contribution in [2.24, 2.45) is 5.92 Å². The lowest BCUT2D eigenvalue weighted by molar-refractivity contribution is -0.146. The number of fused-ring (bicyclic) bond motifs is 1. The highest BCUT2D eigenvalue weighted by molar-refractivity contribution is 6.54. The summed E-state index contributed by atoms with van der Waals surface area (Å²) in [6.07, 6.45) is 1.70. The summed E-state index contributed by atoms with van der Waals surface area (Å²) in [4.78, 5) is 18.1. The number of carbonyl (C=O) groups excluding carboxylic acids is 1. The van der Waals surface area contributed by atoms with Crippen LogP contribution in [0.1, 0.15) is 43.5 Å². The van der Waals surface area contributed by atoms with Crippen LogP contribution in [0.2, 0.25) is 0 Å². The van der Waals surface area contributed by atoms with Crippen LogP contribution in [-0.4, -0.2) is 63.1 Å². The molecule has 5 nitrogen and oxygen atoms in total. The van der Waals surface area contributed by atoms with Crippen molar-refractivity contribution < 1.29 is 22.1 Å². The van der Waals surface area contributed by atoms with E-state index in [0.717, 1.165) is 26.3 Å². The number of hydrogen-bond acceptors (Lipinski definition) is 4. The lowest BCUT2D eigenvalue weighted by Gasteiger charge is -2.32. The number of alkyl halides is 3. The molecule has 2 fully saturated rings. The number of nitrogens with one attached hydrogen (secondary N) is 2. The number of halogens is 4. The molecule has 4 rings (SSSR count). The van der Waals surface area contributed by atoms with E-state index in [1.165, 1.54) is 0 Å². The fraction of sp³-hybridized carbons (Fsp3) is 0.500. The van der Waals surface area contributed by atoms with Crippen LogP contribution in [0, 0.1) is 5.92 Å². The molecule has 2 aromatic rings. The maximum atomic E-state index is 14.8. The van der Waals surface area contributed by atoms with Crippen LogP contribution in [0.15, 0.2) is 30.3 Å². The molecule has 1 amide bonds. The predicted molar refractivity (Wildman–Crippen MR) is 127 cm³/mol. The van der Waals surface area contributed by atoms with Crippen LogP contribution in [0.25, 0.3) is 16.8 Å². The zero-order valence-electron chi connectivity index (χ0n) is 19.3. The molecule has 1 unspecified atom stereocenters. The summed E-state index contributed by atoms with van der Waals surface area (Å²) >= 11 is 0. The van der Waals surface area contributed by atoms with Gasteiger partial charge in [-0.25, -0.2) is 0 Å². The predicted octanol–water partition coefficient (Wildman–Crippen LogP) is 4.60. The number of anilines is 1. The van der Waals surface area contributed by atoms with E-state index in [-0.39, 0.29) is 29.7 Å². The molecule has 183 valence electrons. The van der Waals surface area contributed by atoms with E-state index in [1.807, 2.05) is 11.9 Å². The van der Waals surface area contributed by atoms with Crippen molar-refractivity contribution in [2.75, 3.05) is 31.6 Å². The SMILES string of the molecule is CC(c1nc(/C=C/CNC(=O)C2CC2)cc2c(N[C@@H]3CCN(C)C[Si]3F)cccc12)C(F)(F)F. The van der Waals surface area contributed by atoms with Gasteiger partial charge in [0.05, 0.1) is 23.0 Å². The maximum Gasteiger partial charge on any atom is 0.397 e. The molecule has 2 N–H and O–H groups in total. The Morgan fingerprint density at radius 3 is 2.74 bits per heavy atom. The first-order valence-electron chi connectivity index (χ1n) is 11.5. The first kappa shape index (κ1) is 24.7. The summed E-state index contributed by atoms with van der Waals surface area (Å²) in [5, 5.41) is 7.06. The zero-order chi connectivity index (χ0) is 24.5. The van der Waals surface area contributed by atoms with Gasteiger partial charge in [-0.15, -0.1) is 0 Å². The quantitative estimate of drug-likeness (QED) is 0.336. The van der Waals surface area contributed by atoms with Crippen molar-refractivity contribution in [2.45, 2.75) is 43.9 Å². The van der Waals surface area contributed by atoms with Crippen LogP contribution in [-0.2, 0) is 4.79 Å². The lowest BCUT2D eigenvalue weighted by Crippen LogP contribution is -2.49. The number of aromatic nitrogens is 1. The molecule has 1 aliphatic heterocycles. The van der Waals surface area contributed by atoms with Crippen LogP contribution in [0.3, 0.4) is 0 Å². The van der Waals surface area contributed by atoms with Crippen molar-refractivity contribution in [3.63, 3.8) is 0 Å². The van der Waals surface area contributed by atoms with Crippen molar-refractivity contribution in [1.29, 1.82) is 0 Å². The summed E-state index contributed by atoms with van der Waals surface area (Å²) in [5.74, 6) is -1.69. The van der Waals surface area contributed by atoms with Gasteiger partial charge >= 0.3 is 15.3 Å². The highest BCUT2D eigenvalue weighted by atomic mass is 28.3. The number of pyridine rings is 1. The van der Waals surface area contributed by atoms with Crippen LogP contribution in [0.4, 0.5) is 23.0 Å². The standard InChI is InChI=1S/C24H29F4N4OSi/c1-15(24(25,26)27)22-18-6-3-7-20(31-21-10-12-32(2)14-34(21)28)19(18)13-17(30-22)5-4-11-29-23(33)16-8-9-16/h3-7,13,15-16,21,31H,8-12,14H2,1-2H3,(H,29,33)/b5-4+/t15?,21-/m0/s1. The van der Waals surface area contributed by atoms with E-state index >= 15 is 0 Å². The molecule has 1 aromatic carbocycles. The first-order valence-corrected chi connectivity index (χ1v) is 13.2. The average Bonchev–Trinajstić information content (AvgIpc) is 3.63. The molecule has 1 saturated heterocycles. The molecule has 10 heteroatoms.